The number of aromatic amines is 1. The summed E-state index contributed by atoms with van der Waals surface area (Å²) in [6, 6.07) is 8.56. The summed E-state index contributed by atoms with van der Waals surface area (Å²) < 4.78 is 0. The van der Waals surface area contributed by atoms with Crippen molar-refractivity contribution in [2.45, 2.75) is 12.8 Å². The molecule has 0 bridgehead atoms. The molecular formula is C19H23N7. The topological polar surface area (TPSA) is 73.0 Å². The molecule has 2 N–H and O–H groups in total. The van der Waals surface area contributed by atoms with Crippen molar-refractivity contribution in [1.82, 2.24) is 25.1 Å². The van der Waals surface area contributed by atoms with Crippen LogP contribution in [0.1, 0.15) is 12.8 Å². The van der Waals surface area contributed by atoms with Gasteiger partial charge in [-0.25, -0.2) is 9.97 Å². The van der Waals surface area contributed by atoms with Crippen molar-refractivity contribution in [3.05, 3.63) is 36.8 Å². The van der Waals surface area contributed by atoms with Crippen molar-refractivity contribution in [1.29, 1.82) is 0 Å². The number of hydrogen-bond donors (Lipinski definition) is 2. The van der Waals surface area contributed by atoms with Crippen molar-refractivity contribution < 1.29 is 0 Å². The average Bonchev–Trinajstić information content (AvgIpc) is 3.35. The van der Waals surface area contributed by atoms with Gasteiger partial charge in [-0.2, -0.15) is 5.10 Å². The average molecular weight is 349 g/mol. The summed E-state index contributed by atoms with van der Waals surface area (Å²) in [5.41, 5.74) is 3.04. The SMILES string of the molecule is c1cc(Nc2ncnc3[nH]ncc23)cc(N2CCN(CC3CC3)CC2)c1. The molecular weight excluding hydrogens is 326 g/mol. The molecule has 1 aliphatic heterocycles. The van der Waals surface area contributed by atoms with Crippen LogP contribution in [-0.2, 0) is 0 Å². The molecule has 2 aliphatic rings. The third-order valence-electron chi connectivity index (χ3n) is 5.31. The second-order valence-corrected chi connectivity index (χ2v) is 7.26. The van der Waals surface area contributed by atoms with E-state index in [9.17, 15) is 0 Å². The van der Waals surface area contributed by atoms with E-state index in [-0.39, 0.29) is 0 Å². The molecule has 0 radical (unpaired) electrons. The van der Waals surface area contributed by atoms with Gasteiger partial charge in [-0.05, 0) is 37.0 Å². The van der Waals surface area contributed by atoms with E-state index in [1.54, 1.807) is 12.5 Å². The number of anilines is 3. The predicted molar refractivity (Wildman–Crippen MR) is 103 cm³/mol. The summed E-state index contributed by atoms with van der Waals surface area (Å²) >= 11 is 0. The van der Waals surface area contributed by atoms with Crippen LogP contribution in [0.2, 0.25) is 0 Å². The number of rotatable bonds is 5. The van der Waals surface area contributed by atoms with E-state index in [2.05, 4.69) is 59.5 Å². The number of benzene rings is 1. The van der Waals surface area contributed by atoms with Crippen LogP contribution < -0.4 is 10.2 Å². The molecule has 1 aromatic carbocycles. The number of piperazine rings is 1. The smallest absolute Gasteiger partial charge is 0.160 e. The highest BCUT2D eigenvalue weighted by molar-refractivity contribution is 5.87. The van der Waals surface area contributed by atoms with Gasteiger partial charge in [0.05, 0.1) is 11.6 Å². The molecule has 5 rings (SSSR count). The molecule has 26 heavy (non-hydrogen) atoms. The molecule has 134 valence electrons. The largest absolute Gasteiger partial charge is 0.369 e. The monoisotopic (exact) mass is 349 g/mol. The second-order valence-electron chi connectivity index (χ2n) is 7.26. The quantitative estimate of drug-likeness (QED) is 0.738. The Hall–Kier alpha value is -2.67. The lowest BCUT2D eigenvalue weighted by Crippen LogP contribution is -2.47. The van der Waals surface area contributed by atoms with Gasteiger partial charge in [0, 0.05) is 44.1 Å². The van der Waals surface area contributed by atoms with Gasteiger partial charge >= 0.3 is 0 Å². The summed E-state index contributed by atoms with van der Waals surface area (Å²) in [5.74, 6) is 1.75. The Morgan fingerprint density at radius 2 is 2.00 bits per heavy atom. The lowest BCUT2D eigenvalue weighted by molar-refractivity contribution is 0.248. The molecule has 0 unspecified atom stereocenters. The zero-order valence-corrected chi connectivity index (χ0v) is 14.7. The maximum atomic E-state index is 4.36. The van der Waals surface area contributed by atoms with Crippen molar-refractivity contribution in [2.24, 2.45) is 5.92 Å². The fraction of sp³-hybridized carbons (Fsp3) is 0.421. The van der Waals surface area contributed by atoms with E-state index in [1.807, 2.05) is 0 Å². The van der Waals surface area contributed by atoms with Gasteiger partial charge < -0.3 is 10.2 Å². The van der Waals surface area contributed by atoms with E-state index < -0.39 is 0 Å². The third kappa shape index (κ3) is 3.22. The second kappa shape index (κ2) is 6.57. The van der Waals surface area contributed by atoms with E-state index >= 15 is 0 Å². The van der Waals surface area contributed by atoms with Crippen LogP contribution in [0, 0.1) is 5.92 Å². The highest BCUT2D eigenvalue weighted by Crippen LogP contribution is 2.30. The summed E-state index contributed by atoms with van der Waals surface area (Å²) in [4.78, 5) is 13.6. The molecule has 2 fully saturated rings. The van der Waals surface area contributed by atoms with Gasteiger partial charge in [-0.1, -0.05) is 6.07 Å². The van der Waals surface area contributed by atoms with E-state index in [4.69, 9.17) is 0 Å². The molecule has 3 aromatic rings. The van der Waals surface area contributed by atoms with Gasteiger partial charge in [-0.3, -0.25) is 10.00 Å². The maximum absolute atomic E-state index is 4.36. The summed E-state index contributed by atoms with van der Waals surface area (Å²) in [6.45, 7) is 5.81. The first-order valence-electron chi connectivity index (χ1n) is 9.33. The van der Waals surface area contributed by atoms with Crippen molar-refractivity contribution in [3.63, 3.8) is 0 Å². The fourth-order valence-electron chi connectivity index (χ4n) is 3.64. The molecule has 7 heteroatoms. The van der Waals surface area contributed by atoms with Crippen LogP contribution in [0.4, 0.5) is 17.2 Å². The highest BCUT2D eigenvalue weighted by atomic mass is 15.3. The van der Waals surface area contributed by atoms with Crippen LogP contribution in [-0.4, -0.2) is 57.8 Å². The molecule has 7 nitrogen and oxygen atoms in total. The zero-order valence-electron chi connectivity index (χ0n) is 14.7. The molecule has 1 saturated carbocycles. The van der Waals surface area contributed by atoms with Crippen LogP contribution in [0.3, 0.4) is 0 Å². The van der Waals surface area contributed by atoms with Gasteiger partial charge in [0.1, 0.15) is 12.1 Å². The van der Waals surface area contributed by atoms with Crippen LogP contribution in [0.15, 0.2) is 36.8 Å². The first-order valence-corrected chi connectivity index (χ1v) is 9.33. The number of nitrogens with one attached hydrogen (secondary N) is 2. The third-order valence-corrected chi connectivity index (χ3v) is 5.31. The van der Waals surface area contributed by atoms with Crippen LogP contribution >= 0.6 is 0 Å². The van der Waals surface area contributed by atoms with Crippen molar-refractivity contribution >= 4 is 28.2 Å². The minimum atomic E-state index is 0.741. The number of aromatic nitrogens is 4. The Kier molecular flexibility index (Phi) is 3.93. The summed E-state index contributed by atoms with van der Waals surface area (Å²) in [5, 5.41) is 11.2. The Bertz CT molecular complexity index is 894. The number of hydrogen-bond acceptors (Lipinski definition) is 6. The molecule has 0 spiro atoms. The molecule has 1 saturated heterocycles. The van der Waals surface area contributed by atoms with Crippen LogP contribution in [0.5, 0.6) is 0 Å². The lowest BCUT2D eigenvalue weighted by Gasteiger charge is -2.36. The lowest BCUT2D eigenvalue weighted by atomic mass is 10.2. The van der Waals surface area contributed by atoms with E-state index in [1.165, 1.54) is 25.1 Å². The summed E-state index contributed by atoms with van der Waals surface area (Å²) in [6.07, 6.45) is 6.16. The fourth-order valence-corrected chi connectivity index (χ4v) is 3.64. The Labute approximate surface area is 152 Å². The zero-order chi connectivity index (χ0) is 17.3. The Morgan fingerprint density at radius 1 is 1.12 bits per heavy atom. The Morgan fingerprint density at radius 3 is 2.85 bits per heavy atom. The minimum Gasteiger partial charge on any atom is -0.369 e. The molecule has 0 atom stereocenters. The normalized spacial score (nSPS) is 18.4. The van der Waals surface area contributed by atoms with Gasteiger partial charge in [0.2, 0.25) is 0 Å². The van der Waals surface area contributed by atoms with Gasteiger partial charge in [0.15, 0.2) is 5.65 Å². The van der Waals surface area contributed by atoms with Crippen molar-refractivity contribution in [3.8, 4) is 0 Å². The predicted octanol–water partition coefficient (Wildman–Crippen LogP) is 2.63. The van der Waals surface area contributed by atoms with Crippen LogP contribution in [0.25, 0.3) is 11.0 Å². The Balaban J connectivity index is 1.29. The summed E-state index contributed by atoms with van der Waals surface area (Å²) in [7, 11) is 0. The molecule has 1 aliphatic carbocycles. The highest BCUT2D eigenvalue weighted by Gasteiger charge is 2.26. The van der Waals surface area contributed by atoms with E-state index in [0.717, 1.165) is 54.6 Å². The maximum Gasteiger partial charge on any atom is 0.160 e. The first kappa shape index (κ1) is 15.6. The number of nitrogens with zero attached hydrogens (tertiary/aromatic N) is 5. The van der Waals surface area contributed by atoms with Gasteiger partial charge in [-0.15, -0.1) is 0 Å². The van der Waals surface area contributed by atoms with E-state index in [0.29, 0.717) is 0 Å². The minimum absolute atomic E-state index is 0.741. The molecule has 0 amide bonds. The standard InChI is InChI=1S/C19H23N7/c1-2-15(23-18-17-11-22-24-19(17)21-13-20-18)10-16(3-1)26-8-6-25(7-9-26)12-14-4-5-14/h1-3,10-11,13-14H,4-9,12H2,(H2,20,21,22,23,24). The number of H-pyrrole nitrogens is 1. The molecule has 3 heterocycles. The molecule has 2 aromatic heterocycles. The van der Waals surface area contributed by atoms with Crippen molar-refractivity contribution in [2.75, 3.05) is 42.9 Å². The first-order chi connectivity index (χ1) is 12.8. The van der Waals surface area contributed by atoms with Gasteiger partial charge in [0.25, 0.3) is 0 Å². The number of fused-ring (bicyclic) bond motifs is 1.